The van der Waals surface area contributed by atoms with Gasteiger partial charge in [-0.1, -0.05) is 30.3 Å². The van der Waals surface area contributed by atoms with E-state index in [0.29, 0.717) is 24.9 Å². The summed E-state index contributed by atoms with van der Waals surface area (Å²) in [6.45, 7) is 5.24. The molecule has 2 saturated heterocycles. The zero-order valence-electron chi connectivity index (χ0n) is 17.5. The highest BCUT2D eigenvalue weighted by Gasteiger charge is 2.56. The molecule has 0 aliphatic carbocycles. The Balaban J connectivity index is 1.92. The van der Waals surface area contributed by atoms with Crippen LogP contribution in [0.1, 0.15) is 51.6 Å². The summed E-state index contributed by atoms with van der Waals surface area (Å²) in [5.74, 6) is 0. The molecule has 0 N–H and O–H groups in total. The van der Waals surface area contributed by atoms with E-state index in [4.69, 9.17) is 9.47 Å². The Bertz CT molecular complexity index is 900. The fraction of sp³-hybridized carbons (Fsp3) is 0.650. The molecule has 3 atom stereocenters. The van der Waals surface area contributed by atoms with Gasteiger partial charge in [0.1, 0.15) is 11.7 Å². The van der Waals surface area contributed by atoms with Gasteiger partial charge >= 0.3 is 21.7 Å². The molecule has 2 heterocycles. The smallest absolute Gasteiger partial charge is 0.444 e. The molecule has 0 bridgehead atoms. The third-order valence-electron chi connectivity index (χ3n) is 5.23. The summed E-state index contributed by atoms with van der Waals surface area (Å²) in [6, 6.07) is 8.27. The van der Waals surface area contributed by atoms with Crippen molar-refractivity contribution in [3.8, 4) is 0 Å². The number of rotatable bonds is 3. The van der Waals surface area contributed by atoms with Gasteiger partial charge < -0.3 is 9.47 Å². The largest absolute Gasteiger partial charge is 0.523 e. The standard InChI is InChI=1S/C20H26F3NO6S/c1-18(2,3)29-17(25)24-11-7-10-19(16(24)14-8-5-4-6-9-14)12-15(13-28-19)30-31(26,27)20(21,22)23/h4-6,8-9,15-16H,7,10-13H2,1-3H3/t15-,16+,19-/m1/s1. The van der Waals surface area contributed by atoms with Crippen molar-refractivity contribution < 1.29 is 40.0 Å². The van der Waals surface area contributed by atoms with Crippen molar-refractivity contribution in [1.82, 2.24) is 4.90 Å². The normalized spacial score (nSPS) is 27.5. The van der Waals surface area contributed by atoms with Crippen molar-refractivity contribution in [3.63, 3.8) is 0 Å². The number of nitrogens with zero attached hydrogens (tertiary/aromatic N) is 1. The number of carbonyl (C=O) groups excluding carboxylic acids is 1. The lowest BCUT2D eigenvalue weighted by atomic mass is 9.78. The molecule has 2 aliphatic heterocycles. The first-order valence-electron chi connectivity index (χ1n) is 9.92. The Labute approximate surface area is 179 Å². The number of likely N-dealkylation sites (tertiary alicyclic amines) is 1. The van der Waals surface area contributed by atoms with Gasteiger partial charge in [-0.3, -0.25) is 9.08 Å². The van der Waals surface area contributed by atoms with Crippen LogP contribution in [-0.4, -0.2) is 55.4 Å². The van der Waals surface area contributed by atoms with Crippen LogP contribution in [0, 0.1) is 0 Å². The van der Waals surface area contributed by atoms with Crippen LogP contribution in [0.5, 0.6) is 0 Å². The van der Waals surface area contributed by atoms with Gasteiger partial charge in [0.05, 0.1) is 18.2 Å². The maximum Gasteiger partial charge on any atom is 0.523 e. The topological polar surface area (TPSA) is 82.1 Å². The SMILES string of the molecule is CC(C)(C)OC(=O)N1CCC[C@@]2(C[C@@H](OS(=O)(=O)C(F)(F)F)CO2)[C@@H]1c1ccccc1. The second kappa shape index (κ2) is 8.25. The average Bonchev–Trinajstić information content (AvgIpc) is 3.01. The second-order valence-corrected chi connectivity index (χ2v) is 10.4. The van der Waals surface area contributed by atoms with Crippen molar-refractivity contribution in [2.75, 3.05) is 13.2 Å². The molecule has 1 spiro atoms. The van der Waals surface area contributed by atoms with E-state index in [-0.39, 0.29) is 13.0 Å². The van der Waals surface area contributed by atoms with E-state index in [1.807, 2.05) is 0 Å². The van der Waals surface area contributed by atoms with E-state index in [1.165, 1.54) is 4.90 Å². The Kier molecular flexibility index (Phi) is 6.34. The van der Waals surface area contributed by atoms with Crippen LogP contribution in [0.2, 0.25) is 0 Å². The minimum Gasteiger partial charge on any atom is -0.444 e. The van der Waals surface area contributed by atoms with Crippen LogP contribution in [0.3, 0.4) is 0 Å². The number of halogens is 3. The van der Waals surface area contributed by atoms with Crippen molar-refractivity contribution in [1.29, 1.82) is 0 Å². The molecule has 174 valence electrons. The Morgan fingerprint density at radius 2 is 1.84 bits per heavy atom. The van der Waals surface area contributed by atoms with E-state index < -0.39 is 45.1 Å². The first kappa shape index (κ1) is 23.8. The summed E-state index contributed by atoms with van der Waals surface area (Å²) in [5.41, 5.74) is -6.64. The predicted molar refractivity (Wildman–Crippen MR) is 105 cm³/mol. The van der Waals surface area contributed by atoms with E-state index in [2.05, 4.69) is 4.18 Å². The van der Waals surface area contributed by atoms with Crippen LogP contribution < -0.4 is 0 Å². The Morgan fingerprint density at radius 3 is 2.42 bits per heavy atom. The molecule has 2 aliphatic rings. The van der Waals surface area contributed by atoms with Gasteiger partial charge in [0.25, 0.3) is 0 Å². The van der Waals surface area contributed by atoms with E-state index >= 15 is 0 Å². The van der Waals surface area contributed by atoms with E-state index in [1.54, 1.807) is 51.1 Å². The van der Waals surface area contributed by atoms with Crippen LogP contribution in [0.15, 0.2) is 30.3 Å². The first-order chi connectivity index (χ1) is 14.2. The van der Waals surface area contributed by atoms with Crippen molar-refractivity contribution in [3.05, 3.63) is 35.9 Å². The van der Waals surface area contributed by atoms with E-state index in [9.17, 15) is 26.4 Å². The lowest BCUT2D eigenvalue weighted by Crippen LogP contribution is -2.53. The maximum absolute atomic E-state index is 13.0. The highest BCUT2D eigenvalue weighted by molar-refractivity contribution is 7.87. The number of ether oxygens (including phenoxy) is 2. The summed E-state index contributed by atoms with van der Waals surface area (Å²) in [7, 11) is -5.76. The number of amides is 1. The number of alkyl halides is 3. The maximum atomic E-state index is 13.0. The third kappa shape index (κ3) is 5.15. The van der Waals surface area contributed by atoms with E-state index in [0.717, 1.165) is 0 Å². The molecule has 3 rings (SSSR count). The molecule has 1 aromatic rings. The summed E-state index contributed by atoms with van der Waals surface area (Å²) in [5, 5.41) is 0. The molecule has 2 fully saturated rings. The zero-order chi connectivity index (χ0) is 23.1. The Hall–Kier alpha value is -1.85. The van der Waals surface area contributed by atoms with Crippen molar-refractivity contribution in [2.45, 2.75) is 68.9 Å². The summed E-state index contributed by atoms with van der Waals surface area (Å²) >= 11 is 0. The predicted octanol–water partition coefficient (Wildman–Crippen LogP) is 4.15. The quantitative estimate of drug-likeness (QED) is 0.493. The van der Waals surface area contributed by atoms with Gasteiger partial charge in [0.2, 0.25) is 0 Å². The fourth-order valence-electron chi connectivity index (χ4n) is 4.16. The molecule has 0 radical (unpaired) electrons. The van der Waals surface area contributed by atoms with Gasteiger partial charge in [-0.05, 0) is 39.2 Å². The highest BCUT2D eigenvalue weighted by Crippen LogP contribution is 2.49. The number of piperidine rings is 1. The molecule has 1 amide bonds. The van der Waals surface area contributed by atoms with Crippen LogP contribution >= 0.6 is 0 Å². The zero-order valence-corrected chi connectivity index (χ0v) is 18.3. The molecule has 0 unspecified atom stereocenters. The van der Waals surface area contributed by atoms with Crippen molar-refractivity contribution >= 4 is 16.2 Å². The molecule has 7 nitrogen and oxygen atoms in total. The summed E-state index contributed by atoms with van der Waals surface area (Å²) in [6.07, 6.45) is -1.05. The number of hydrogen-bond donors (Lipinski definition) is 0. The fourth-order valence-corrected chi connectivity index (χ4v) is 4.75. The molecule has 0 saturated carbocycles. The minimum atomic E-state index is -5.76. The van der Waals surface area contributed by atoms with Gasteiger partial charge in [-0.15, -0.1) is 0 Å². The Morgan fingerprint density at radius 1 is 1.19 bits per heavy atom. The molecule has 31 heavy (non-hydrogen) atoms. The second-order valence-electron chi connectivity index (χ2n) is 8.79. The summed E-state index contributed by atoms with van der Waals surface area (Å²) in [4.78, 5) is 14.5. The van der Waals surface area contributed by atoms with Crippen LogP contribution in [-0.2, 0) is 23.8 Å². The number of hydrogen-bond acceptors (Lipinski definition) is 6. The summed E-state index contributed by atoms with van der Waals surface area (Å²) < 4.78 is 77.1. The molecular weight excluding hydrogens is 439 g/mol. The van der Waals surface area contributed by atoms with Crippen LogP contribution in [0.4, 0.5) is 18.0 Å². The van der Waals surface area contributed by atoms with Gasteiger partial charge in [-0.25, -0.2) is 4.79 Å². The lowest BCUT2D eigenvalue weighted by molar-refractivity contribution is -0.0982. The highest BCUT2D eigenvalue weighted by atomic mass is 32.2. The average molecular weight is 465 g/mol. The van der Waals surface area contributed by atoms with Crippen LogP contribution in [0.25, 0.3) is 0 Å². The van der Waals surface area contributed by atoms with Crippen molar-refractivity contribution in [2.24, 2.45) is 0 Å². The number of benzene rings is 1. The van der Waals surface area contributed by atoms with Gasteiger partial charge in [0, 0.05) is 13.0 Å². The lowest BCUT2D eigenvalue weighted by Gasteiger charge is -2.47. The molecule has 0 aromatic heterocycles. The molecular formula is C20H26F3NO6S. The number of carbonyl (C=O) groups is 1. The van der Waals surface area contributed by atoms with Gasteiger partial charge in [0.15, 0.2) is 0 Å². The first-order valence-corrected chi connectivity index (χ1v) is 11.3. The monoisotopic (exact) mass is 465 g/mol. The van der Waals surface area contributed by atoms with Gasteiger partial charge in [-0.2, -0.15) is 21.6 Å². The third-order valence-corrected chi connectivity index (χ3v) is 6.32. The molecule has 1 aromatic carbocycles. The molecule has 11 heteroatoms. The minimum absolute atomic E-state index is 0.110.